The van der Waals surface area contributed by atoms with Crippen LogP contribution in [0.15, 0.2) is 12.1 Å². The fraction of sp³-hybridized carbons (Fsp3) is 0.538. The van der Waals surface area contributed by atoms with Gasteiger partial charge in [0.05, 0.1) is 21.3 Å². The van der Waals surface area contributed by atoms with Crippen LogP contribution in [0, 0.1) is 0 Å². The fourth-order valence-electron chi connectivity index (χ4n) is 1.72. The van der Waals surface area contributed by atoms with Gasteiger partial charge in [-0.3, -0.25) is 5.32 Å². The Morgan fingerprint density at radius 3 is 1.94 bits per heavy atom. The van der Waals surface area contributed by atoms with E-state index in [1.54, 1.807) is 35.3 Å². The lowest BCUT2D eigenvalue weighted by Gasteiger charge is -2.23. The van der Waals surface area contributed by atoms with Crippen molar-refractivity contribution in [3.05, 3.63) is 17.7 Å². The largest absolute Gasteiger partial charge is 0.493 e. The van der Waals surface area contributed by atoms with Crippen molar-refractivity contribution in [2.45, 2.75) is 19.1 Å². The molecule has 0 aliphatic heterocycles. The van der Waals surface area contributed by atoms with Crippen molar-refractivity contribution < 1.29 is 19.3 Å². The Labute approximate surface area is 108 Å². The van der Waals surface area contributed by atoms with Gasteiger partial charge in [0, 0.05) is 6.42 Å². The van der Waals surface area contributed by atoms with Crippen LogP contribution in [0.1, 0.15) is 12.5 Å². The third-order valence-corrected chi connectivity index (χ3v) is 2.81. The van der Waals surface area contributed by atoms with E-state index < -0.39 is 5.72 Å². The van der Waals surface area contributed by atoms with E-state index in [1.165, 1.54) is 0 Å². The number of hydrogen-bond donors (Lipinski definition) is 2. The topological polar surface area (TPSA) is 60.0 Å². The molecule has 0 bridgehead atoms. The molecule has 0 amide bonds. The van der Waals surface area contributed by atoms with E-state index in [2.05, 4.69) is 5.32 Å². The number of methoxy groups -OCH3 is 3. The SMILES string of the molecule is CNC(C)(O)Cc1cc(OC)c(OC)c(OC)c1. The number of aliphatic hydroxyl groups is 1. The van der Waals surface area contributed by atoms with Crippen LogP contribution in [-0.4, -0.2) is 39.2 Å². The molecule has 1 unspecified atom stereocenters. The first kappa shape index (κ1) is 14.6. The first-order chi connectivity index (χ1) is 8.47. The number of benzene rings is 1. The minimum absolute atomic E-state index is 0.431. The van der Waals surface area contributed by atoms with Gasteiger partial charge in [-0.2, -0.15) is 0 Å². The van der Waals surface area contributed by atoms with Gasteiger partial charge < -0.3 is 19.3 Å². The number of likely N-dealkylation sites (N-methyl/N-ethyl adjacent to an activating group) is 1. The minimum Gasteiger partial charge on any atom is -0.493 e. The third kappa shape index (κ3) is 3.27. The first-order valence-electron chi connectivity index (χ1n) is 5.67. The average molecular weight is 255 g/mol. The number of rotatable bonds is 6. The molecule has 1 aromatic rings. The molecule has 1 aromatic carbocycles. The molecule has 0 saturated carbocycles. The molecule has 0 aromatic heterocycles. The normalized spacial score (nSPS) is 13.9. The molecule has 0 heterocycles. The van der Waals surface area contributed by atoms with Gasteiger partial charge in [0.2, 0.25) is 5.75 Å². The highest BCUT2D eigenvalue weighted by Gasteiger charge is 2.21. The smallest absolute Gasteiger partial charge is 0.203 e. The van der Waals surface area contributed by atoms with Crippen LogP contribution in [0.25, 0.3) is 0 Å². The van der Waals surface area contributed by atoms with Gasteiger partial charge in [0.25, 0.3) is 0 Å². The number of nitrogens with one attached hydrogen (secondary N) is 1. The van der Waals surface area contributed by atoms with E-state index in [0.29, 0.717) is 23.7 Å². The Morgan fingerprint density at radius 1 is 1.11 bits per heavy atom. The van der Waals surface area contributed by atoms with Gasteiger partial charge in [-0.15, -0.1) is 0 Å². The van der Waals surface area contributed by atoms with Gasteiger partial charge in [-0.1, -0.05) is 0 Å². The van der Waals surface area contributed by atoms with E-state index in [0.717, 1.165) is 5.56 Å². The maximum Gasteiger partial charge on any atom is 0.203 e. The van der Waals surface area contributed by atoms with Gasteiger partial charge in [0.15, 0.2) is 11.5 Å². The Morgan fingerprint density at radius 2 is 1.61 bits per heavy atom. The molecule has 0 saturated heterocycles. The van der Waals surface area contributed by atoms with Crippen LogP contribution >= 0.6 is 0 Å². The molecule has 2 N–H and O–H groups in total. The van der Waals surface area contributed by atoms with Crippen molar-refractivity contribution in [1.29, 1.82) is 0 Å². The lowest BCUT2D eigenvalue weighted by Crippen LogP contribution is -2.41. The Bertz CT molecular complexity index is 379. The van der Waals surface area contributed by atoms with Crippen molar-refractivity contribution >= 4 is 0 Å². The van der Waals surface area contributed by atoms with Crippen LogP contribution in [0.4, 0.5) is 0 Å². The van der Waals surface area contributed by atoms with Crippen molar-refractivity contribution in [2.75, 3.05) is 28.4 Å². The number of ether oxygens (including phenoxy) is 3. The van der Waals surface area contributed by atoms with Crippen LogP contribution in [0.2, 0.25) is 0 Å². The van der Waals surface area contributed by atoms with E-state index in [1.807, 2.05) is 12.1 Å². The predicted octanol–water partition coefficient (Wildman–Crippen LogP) is 1.18. The van der Waals surface area contributed by atoms with Gasteiger partial charge in [0.1, 0.15) is 5.72 Å². The maximum atomic E-state index is 10.0. The highest BCUT2D eigenvalue weighted by atomic mass is 16.5. The van der Waals surface area contributed by atoms with E-state index in [9.17, 15) is 5.11 Å². The zero-order valence-corrected chi connectivity index (χ0v) is 11.5. The van der Waals surface area contributed by atoms with Crippen molar-refractivity contribution in [3.63, 3.8) is 0 Å². The van der Waals surface area contributed by atoms with E-state index >= 15 is 0 Å². The average Bonchev–Trinajstić information content (AvgIpc) is 2.37. The number of hydrogen-bond acceptors (Lipinski definition) is 5. The van der Waals surface area contributed by atoms with Gasteiger partial charge in [-0.25, -0.2) is 0 Å². The molecule has 0 aliphatic rings. The van der Waals surface area contributed by atoms with Crippen molar-refractivity contribution in [1.82, 2.24) is 5.32 Å². The standard InChI is InChI=1S/C13H21NO4/c1-13(15,14-2)8-9-6-10(16-3)12(18-5)11(7-9)17-4/h6-7,14-15H,8H2,1-5H3. The van der Waals surface area contributed by atoms with E-state index in [4.69, 9.17) is 14.2 Å². The lowest BCUT2D eigenvalue weighted by molar-refractivity contribution is 0.0325. The summed E-state index contributed by atoms with van der Waals surface area (Å²) in [5.74, 6) is 1.71. The second kappa shape index (κ2) is 5.93. The molecule has 5 heteroatoms. The minimum atomic E-state index is -0.982. The van der Waals surface area contributed by atoms with E-state index in [-0.39, 0.29) is 0 Å². The quantitative estimate of drug-likeness (QED) is 0.748. The summed E-state index contributed by atoms with van der Waals surface area (Å²) < 4.78 is 15.8. The zero-order valence-electron chi connectivity index (χ0n) is 11.5. The Kier molecular flexibility index (Phi) is 4.81. The molecule has 5 nitrogen and oxygen atoms in total. The highest BCUT2D eigenvalue weighted by molar-refractivity contribution is 5.54. The summed E-state index contributed by atoms with van der Waals surface area (Å²) in [4.78, 5) is 0. The van der Waals surface area contributed by atoms with Crippen LogP contribution in [-0.2, 0) is 6.42 Å². The molecule has 102 valence electrons. The van der Waals surface area contributed by atoms with Gasteiger partial charge in [-0.05, 0) is 31.7 Å². The zero-order chi connectivity index (χ0) is 13.8. The third-order valence-electron chi connectivity index (χ3n) is 2.81. The lowest BCUT2D eigenvalue weighted by atomic mass is 10.0. The molecule has 0 spiro atoms. The molecule has 0 aliphatic carbocycles. The van der Waals surface area contributed by atoms with Crippen LogP contribution in [0.5, 0.6) is 17.2 Å². The molecular formula is C13H21NO4. The summed E-state index contributed by atoms with van der Waals surface area (Å²) in [7, 11) is 6.40. The summed E-state index contributed by atoms with van der Waals surface area (Å²) in [5, 5.41) is 12.8. The summed E-state index contributed by atoms with van der Waals surface area (Å²) in [6.07, 6.45) is 0.431. The molecule has 1 rings (SSSR count). The highest BCUT2D eigenvalue weighted by Crippen LogP contribution is 2.38. The summed E-state index contributed by atoms with van der Waals surface area (Å²) in [6.45, 7) is 1.70. The van der Waals surface area contributed by atoms with Crippen LogP contribution in [0.3, 0.4) is 0 Å². The fourth-order valence-corrected chi connectivity index (χ4v) is 1.72. The predicted molar refractivity (Wildman–Crippen MR) is 69.5 cm³/mol. The van der Waals surface area contributed by atoms with Gasteiger partial charge >= 0.3 is 0 Å². The second-order valence-corrected chi connectivity index (χ2v) is 4.23. The molecule has 18 heavy (non-hydrogen) atoms. The molecule has 0 fully saturated rings. The Balaban J connectivity index is 3.15. The second-order valence-electron chi connectivity index (χ2n) is 4.23. The van der Waals surface area contributed by atoms with Crippen molar-refractivity contribution in [2.24, 2.45) is 0 Å². The maximum absolute atomic E-state index is 10.0. The monoisotopic (exact) mass is 255 g/mol. The molecular weight excluding hydrogens is 234 g/mol. The summed E-state index contributed by atoms with van der Waals surface area (Å²) in [6, 6.07) is 3.65. The summed E-state index contributed by atoms with van der Waals surface area (Å²) in [5.41, 5.74) is -0.0891. The molecule has 1 atom stereocenters. The van der Waals surface area contributed by atoms with Crippen LogP contribution < -0.4 is 19.5 Å². The summed E-state index contributed by atoms with van der Waals surface area (Å²) >= 11 is 0. The Hall–Kier alpha value is -1.46. The first-order valence-corrected chi connectivity index (χ1v) is 5.67. The van der Waals surface area contributed by atoms with Crippen molar-refractivity contribution in [3.8, 4) is 17.2 Å². The molecule has 0 radical (unpaired) electrons.